The van der Waals surface area contributed by atoms with Crippen molar-refractivity contribution in [3.63, 3.8) is 0 Å². The summed E-state index contributed by atoms with van der Waals surface area (Å²) in [7, 11) is -3.48. The van der Waals surface area contributed by atoms with Crippen molar-refractivity contribution < 1.29 is 18.3 Å². The molecule has 0 heterocycles. The lowest BCUT2D eigenvalue weighted by molar-refractivity contribution is 0.185. The van der Waals surface area contributed by atoms with Gasteiger partial charge in [0, 0.05) is 10.1 Å². The molecule has 0 radical (unpaired) electrons. The second-order valence-corrected chi connectivity index (χ2v) is 10.0. The van der Waals surface area contributed by atoms with Crippen LogP contribution < -0.4 is 9.46 Å². The van der Waals surface area contributed by atoms with Crippen LogP contribution in [-0.2, 0) is 16.4 Å². The number of thioether (sulfide) groups is 1. The van der Waals surface area contributed by atoms with E-state index in [1.807, 2.05) is 48.5 Å². The minimum Gasteiger partial charge on any atom is -0.455 e. The van der Waals surface area contributed by atoms with Crippen LogP contribution in [0.1, 0.15) is 17.2 Å². The topological polar surface area (TPSA) is 75.6 Å². The predicted octanol–water partition coefficient (Wildman–Crippen LogP) is 4.60. The SMILES string of the molecule is CS(=O)(=O)Nc1cc2c(cc1Oc1ccccc1)C(O)C(Sc1ccccc1)C2. The number of para-hydroxylation sites is 1. The number of hydrogen-bond acceptors (Lipinski definition) is 5. The standard InChI is InChI=1S/C22H21NO4S2/c1-29(25,26)23-19-12-15-13-21(28-17-10-6-3-7-11-17)22(24)18(15)14-20(19)27-16-8-4-2-5-9-16/h2-12,14,21-24H,13H2,1H3. The van der Waals surface area contributed by atoms with E-state index in [1.165, 1.54) is 0 Å². The lowest BCUT2D eigenvalue weighted by Crippen LogP contribution is -2.11. The molecule has 4 rings (SSSR count). The van der Waals surface area contributed by atoms with E-state index in [1.54, 1.807) is 36.0 Å². The normalized spacial score (nSPS) is 18.3. The molecule has 0 spiro atoms. The summed E-state index contributed by atoms with van der Waals surface area (Å²) in [4.78, 5) is 1.08. The Labute approximate surface area is 174 Å². The molecule has 150 valence electrons. The first-order valence-corrected chi connectivity index (χ1v) is 11.9. The highest BCUT2D eigenvalue weighted by Crippen LogP contribution is 2.45. The number of sulfonamides is 1. The van der Waals surface area contributed by atoms with Crippen LogP contribution in [0.15, 0.2) is 77.7 Å². The highest BCUT2D eigenvalue weighted by molar-refractivity contribution is 8.00. The van der Waals surface area contributed by atoms with E-state index < -0.39 is 16.1 Å². The number of nitrogens with one attached hydrogen (secondary N) is 1. The Hall–Kier alpha value is -2.48. The molecule has 29 heavy (non-hydrogen) atoms. The molecular formula is C22H21NO4S2. The molecule has 0 aliphatic heterocycles. The molecule has 0 aromatic heterocycles. The number of fused-ring (bicyclic) bond motifs is 1. The minimum atomic E-state index is -3.48. The van der Waals surface area contributed by atoms with Crippen LogP contribution in [0, 0.1) is 0 Å². The van der Waals surface area contributed by atoms with Crippen molar-refractivity contribution in [1.29, 1.82) is 0 Å². The third kappa shape index (κ3) is 4.75. The zero-order chi connectivity index (χ0) is 20.4. The van der Waals surface area contributed by atoms with Gasteiger partial charge in [-0.3, -0.25) is 4.72 Å². The number of hydrogen-bond donors (Lipinski definition) is 2. The fourth-order valence-corrected chi connectivity index (χ4v) is 5.14. The Morgan fingerprint density at radius 2 is 1.69 bits per heavy atom. The van der Waals surface area contributed by atoms with Gasteiger partial charge in [-0.1, -0.05) is 36.4 Å². The minimum absolute atomic E-state index is 0.0505. The first-order valence-electron chi connectivity index (χ1n) is 9.16. The molecule has 0 amide bonds. The fraction of sp³-hybridized carbons (Fsp3) is 0.182. The maximum atomic E-state index is 11.9. The van der Waals surface area contributed by atoms with Crippen LogP contribution >= 0.6 is 11.8 Å². The summed E-state index contributed by atoms with van der Waals surface area (Å²) in [6.45, 7) is 0. The van der Waals surface area contributed by atoms with Gasteiger partial charge < -0.3 is 9.84 Å². The van der Waals surface area contributed by atoms with Crippen LogP contribution in [0.4, 0.5) is 5.69 Å². The first-order chi connectivity index (χ1) is 13.9. The summed E-state index contributed by atoms with van der Waals surface area (Å²) >= 11 is 1.62. The van der Waals surface area contributed by atoms with Crippen molar-refractivity contribution in [1.82, 2.24) is 0 Å². The van der Waals surface area contributed by atoms with E-state index in [0.29, 0.717) is 23.6 Å². The van der Waals surface area contributed by atoms with Gasteiger partial charge in [-0.25, -0.2) is 8.42 Å². The van der Waals surface area contributed by atoms with Crippen LogP contribution in [-0.4, -0.2) is 25.0 Å². The van der Waals surface area contributed by atoms with Gasteiger partial charge in [0.25, 0.3) is 0 Å². The van der Waals surface area contributed by atoms with Crippen molar-refractivity contribution >= 4 is 27.5 Å². The third-order valence-electron chi connectivity index (χ3n) is 4.63. The quantitative estimate of drug-likeness (QED) is 0.601. The van der Waals surface area contributed by atoms with Crippen LogP contribution in [0.5, 0.6) is 11.5 Å². The van der Waals surface area contributed by atoms with Crippen molar-refractivity contribution in [3.05, 3.63) is 83.9 Å². The molecule has 0 saturated carbocycles. The number of benzene rings is 3. The number of aliphatic hydroxyl groups is 1. The molecule has 7 heteroatoms. The van der Waals surface area contributed by atoms with Crippen molar-refractivity contribution in [2.24, 2.45) is 0 Å². The van der Waals surface area contributed by atoms with Gasteiger partial charge >= 0.3 is 0 Å². The lowest BCUT2D eigenvalue weighted by Gasteiger charge is -2.16. The third-order valence-corrected chi connectivity index (χ3v) is 6.49. The molecule has 0 bridgehead atoms. The van der Waals surface area contributed by atoms with E-state index in [4.69, 9.17) is 4.74 Å². The Bertz CT molecular complexity index is 1100. The summed E-state index contributed by atoms with van der Waals surface area (Å²) < 4.78 is 32.2. The van der Waals surface area contributed by atoms with Crippen LogP contribution in [0.25, 0.3) is 0 Å². The molecule has 3 aromatic carbocycles. The zero-order valence-corrected chi connectivity index (χ0v) is 17.4. The molecule has 2 N–H and O–H groups in total. The molecule has 5 nitrogen and oxygen atoms in total. The lowest BCUT2D eigenvalue weighted by atomic mass is 10.1. The largest absolute Gasteiger partial charge is 0.455 e. The van der Waals surface area contributed by atoms with Gasteiger partial charge in [-0.2, -0.15) is 0 Å². The second-order valence-electron chi connectivity index (χ2n) is 6.95. The first kappa shape index (κ1) is 19.8. The Morgan fingerprint density at radius 1 is 1.03 bits per heavy atom. The van der Waals surface area contributed by atoms with Gasteiger partial charge in [-0.05, 0) is 53.9 Å². The van der Waals surface area contributed by atoms with Crippen molar-refractivity contribution in [2.45, 2.75) is 22.7 Å². The average Bonchev–Trinajstić information content (AvgIpc) is 2.97. The highest BCUT2D eigenvalue weighted by atomic mass is 32.2. The average molecular weight is 428 g/mol. The molecule has 1 aliphatic carbocycles. The molecule has 1 aliphatic rings. The summed E-state index contributed by atoms with van der Waals surface area (Å²) in [5, 5.41) is 10.9. The van der Waals surface area contributed by atoms with E-state index >= 15 is 0 Å². The van der Waals surface area contributed by atoms with Gasteiger partial charge in [0.1, 0.15) is 5.75 Å². The number of aliphatic hydroxyl groups excluding tert-OH is 1. The summed E-state index contributed by atoms with van der Waals surface area (Å²) in [5.41, 5.74) is 2.05. The number of anilines is 1. The van der Waals surface area contributed by atoms with E-state index in [-0.39, 0.29) is 5.25 Å². The van der Waals surface area contributed by atoms with Crippen LogP contribution in [0.3, 0.4) is 0 Å². The fourth-order valence-electron chi connectivity index (χ4n) is 3.38. The number of rotatable bonds is 6. The van der Waals surface area contributed by atoms with Gasteiger partial charge in [0.15, 0.2) is 5.75 Å². The molecule has 2 unspecified atom stereocenters. The van der Waals surface area contributed by atoms with Gasteiger partial charge in [-0.15, -0.1) is 11.8 Å². The molecular weight excluding hydrogens is 406 g/mol. The van der Waals surface area contributed by atoms with Gasteiger partial charge in [0.05, 0.1) is 18.0 Å². The molecule has 3 aromatic rings. The predicted molar refractivity (Wildman–Crippen MR) is 116 cm³/mol. The highest BCUT2D eigenvalue weighted by Gasteiger charge is 2.33. The monoisotopic (exact) mass is 427 g/mol. The summed E-state index contributed by atoms with van der Waals surface area (Å²) in [6.07, 6.45) is 1.08. The maximum absolute atomic E-state index is 11.9. The second kappa shape index (κ2) is 8.10. The smallest absolute Gasteiger partial charge is 0.229 e. The van der Waals surface area contributed by atoms with Gasteiger partial charge in [0.2, 0.25) is 10.0 Å². The molecule has 0 saturated heterocycles. The summed E-state index contributed by atoms with van der Waals surface area (Å²) in [5.74, 6) is 0.955. The Balaban J connectivity index is 1.67. The van der Waals surface area contributed by atoms with E-state index in [9.17, 15) is 13.5 Å². The van der Waals surface area contributed by atoms with Crippen molar-refractivity contribution in [2.75, 3.05) is 11.0 Å². The Kier molecular flexibility index (Phi) is 5.54. The summed E-state index contributed by atoms with van der Waals surface area (Å²) in [6, 6.07) is 22.6. The number of ether oxygens (including phenoxy) is 1. The van der Waals surface area contributed by atoms with E-state index in [0.717, 1.165) is 22.3 Å². The molecule has 0 fully saturated rings. The molecule has 2 atom stereocenters. The van der Waals surface area contributed by atoms with E-state index in [2.05, 4.69) is 4.72 Å². The Morgan fingerprint density at radius 3 is 2.34 bits per heavy atom. The maximum Gasteiger partial charge on any atom is 0.229 e. The van der Waals surface area contributed by atoms with Crippen LogP contribution in [0.2, 0.25) is 0 Å². The zero-order valence-electron chi connectivity index (χ0n) is 15.8. The van der Waals surface area contributed by atoms with Crippen molar-refractivity contribution in [3.8, 4) is 11.5 Å².